The molecule has 0 bridgehead atoms. The number of aromatic amines is 1. The molecule has 2 heterocycles. The van der Waals surface area contributed by atoms with E-state index in [4.69, 9.17) is 4.74 Å². The van der Waals surface area contributed by atoms with Gasteiger partial charge in [0.25, 0.3) is 0 Å². The fraction of sp³-hybridized carbons (Fsp3) is 0.600. The number of benzene rings is 1. The van der Waals surface area contributed by atoms with Crippen LogP contribution in [0.5, 0.6) is 0 Å². The molecule has 1 aliphatic heterocycles. The van der Waals surface area contributed by atoms with Crippen LogP contribution in [0.15, 0.2) is 35.2 Å². The van der Waals surface area contributed by atoms with Crippen molar-refractivity contribution >= 4 is 22.7 Å². The molecule has 160 valence electrons. The van der Waals surface area contributed by atoms with Gasteiger partial charge in [-0.2, -0.15) is 0 Å². The van der Waals surface area contributed by atoms with E-state index < -0.39 is 0 Å². The number of rotatable bonds is 4. The van der Waals surface area contributed by atoms with Gasteiger partial charge in [-0.15, -0.1) is 11.8 Å². The van der Waals surface area contributed by atoms with Crippen molar-refractivity contribution in [2.45, 2.75) is 70.4 Å². The molecule has 29 heavy (non-hydrogen) atoms. The highest BCUT2D eigenvalue weighted by Gasteiger charge is 2.49. The number of nitrogens with zero attached hydrogens (tertiary/aromatic N) is 1. The van der Waals surface area contributed by atoms with E-state index in [-0.39, 0.29) is 11.1 Å². The molecule has 4 heteroatoms. The monoisotopic (exact) mass is 414 g/mol. The molecule has 2 aliphatic rings. The van der Waals surface area contributed by atoms with E-state index in [1.54, 1.807) is 0 Å². The highest BCUT2D eigenvalue weighted by Crippen LogP contribution is 2.52. The normalized spacial score (nSPS) is 27.1. The number of nitrogens with one attached hydrogen (secondary N) is 1. The predicted molar refractivity (Wildman–Crippen MR) is 128 cm³/mol. The summed E-state index contributed by atoms with van der Waals surface area (Å²) in [7, 11) is 4.49. The summed E-state index contributed by atoms with van der Waals surface area (Å²) in [4.78, 5) is 7.72. The summed E-state index contributed by atoms with van der Waals surface area (Å²) in [5.41, 5.74) is 4.11. The molecule has 1 saturated carbocycles. The Morgan fingerprint density at radius 3 is 2.48 bits per heavy atom. The first-order valence-corrected chi connectivity index (χ1v) is 12.4. The number of ether oxygens (including phenoxy) is 1. The molecule has 1 fully saturated rings. The number of hydrogen-bond acceptors (Lipinski definition) is 3. The number of para-hydroxylation sites is 1. The molecule has 1 aromatic carbocycles. The molecule has 1 spiro atoms. The van der Waals surface area contributed by atoms with Gasteiger partial charge in [-0.05, 0) is 70.5 Å². The van der Waals surface area contributed by atoms with Gasteiger partial charge >= 0.3 is 0 Å². The van der Waals surface area contributed by atoms with Gasteiger partial charge < -0.3 is 9.72 Å². The zero-order valence-corrected chi connectivity index (χ0v) is 19.9. The Morgan fingerprint density at radius 1 is 1.17 bits per heavy atom. The molecule has 0 saturated heterocycles. The third kappa shape index (κ3) is 3.80. The van der Waals surface area contributed by atoms with Crippen LogP contribution < -0.4 is 0 Å². The fourth-order valence-corrected chi connectivity index (χ4v) is 6.39. The maximum atomic E-state index is 6.53. The van der Waals surface area contributed by atoms with Crippen LogP contribution in [0.2, 0.25) is 0 Å². The second-order valence-electron chi connectivity index (χ2n) is 8.22. The lowest BCUT2D eigenvalue weighted by atomic mass is 9.70. The van der Waals surface area contributed by atoms with Gasteiger partial charge in [-0.3, -0.25) is 4.90 Å². The molecule has 4 rings (SSSR count). The van der Waals surface area contributed by atoms with Crippen molar-refractivity contribution in [2.24, 2.45) is 0 Å². The molecule has 2 aromatic rings. The number of fused-ring (bicyclic) bond motifs is 4. The summed E-state index contributed by atoms with van der Waals surface area (Å²) in [6.45, 7) is 7.08. The molecular weight excluding hydrogens is 376 g/mol. The molecule has 0 atom stereocenters. The van der Waals surface area contributed by atoms with Crippen LogP contribution in [-0.2, 0) is 16.8 Å². The van der Waals surface area contributed by atoms with Gasteiger partial charge in [-0.25, -0.2) is 0 Å². The van der Waals surface area contributed by atoms with Crippen LogP contribution >= 0.6 is 11.8 Å². The quantitative estimate of drug-likeness (QED) is 0.619. The van der Waals surface area contributed by atoms with Gasteiger partial charge in [0.15, 0.2) is 0 Å². The average molecular weight is 415 g/mol. The zero-order chi connectivity index (χ0) is 21.1. The number of H-pyrrole nitrogens is 1. The third-order valence-electron chi connectivity index (χ3n) is 6.81. The molecule has 1 aliphatic carbocycles. The van der Waals surface area contributed by atoms with Crippen molar-refractivity contribution in [2.75, 3.05) is 27.0 Å². The molecule has 0 radical (unpaired) electrons. The summed E-state index contributed by atoms with van der Waals surface area (Å²) >= 11 is 1.92. The highest BCUT2D eigenvalue weighted by atomic mass is 32.2. The van der Waals surface area contributed by atoms with Gasteiger partial charge in [0, 0.05) is 15.8 Å². The Balaban J connectivity index is 0.00000117. The lowest BCUT2D eigenvalue weighted by Crippen LogP contribution is -2.52. The minimum Gasteiger partial charge on any atom is -0.368 e. The molecule has 3 nitrogen and oxygen atoms in total. The molecule has 0 amide bonds. The van der Waals surface area contributed by atoms with Crippen LogP contribution in [0.1, 0.15) is 64.1 Å². The average Bonchev–Trinajstić information content (AvgIpc) is 3.15. The summed E-state index contributed by atoms with van der Waals surface area (Å²) in [6, 6.07) is 8.73. The number of allylic oxidation sites excluding steroid dienone is 1. The summed E-state index contributed by atoms with van der Waals surface area (Å²) < 4.78 is 6.53. The molecule has 1 aromatic heterocycles. The first kappa shape index (κ1) is 22.5. The Hall–Kier alpha value is -1.23. The Morgan fingerprint density at radius 2 is 1.86 bits per heavy atom. The molecular formula is C25H38N2OS. The van der Waals surface area contributed by atoms with E-state index in [0.717, 1.165) is 45.1 Å². The number of hydrogen-bond donors (Lipinski definition) is 1. The van der Waals surface area contributed by atoms with Gasteiger partial charge in [0.2, 0.25) is 0 Å². The number of likely N-dealkylation sites (N-methyl/N-ethyl adjacent to an activating group) is 1. The van der Waals surface area contributed by atoms with Gasteiger partial charge in [0.1, 0.15) is 5.60 Å². The van der Waals surface area contributed by atoms with Crippen LogP contribution in [0.3, 0.4) is 0 Å². The Labute approximate surface area is 181 Å². The topological polar surface area (TPSA) is 28.3 Å². The number of aromatic nitrogens is 1. The van der Waals surface area contributed by atoms with Crippen LogP contribution in [0.25, 0.3) is 10.9 Å². The summed E-state index contributed by atoms with van der Waals surface area (Å²) in [6.07, 6.45) is 11.2. The lowest BCUT2D eigenvalue weighted by molar-refractivity contribution is -0.105. The minimum absolute atomic E-state index is 0.137. The van der Waals surface area contributed by atoms with Crippen LogP contribution in [-0.4, -0.2) is 42.4 Å². The van der Waals surface area contributed by atoms with Crippen LogP contribution in [0.4, 0.5) is 0 Å². The largest absolute Gasteiger partial charge is 0.368 e. The standard InChI is InChI=1S/C23H32N2OS.C2H6/c1-5-8-20(27-4)22(25(2)3)12-14-23(15-13-22)21-18(11-16-26-23)17-9-6-7-10-19(17)24-21;1-2/h6-10,24H,5,11-16H2,1-4H3;1-2H3/b20-8-;. The maximum absolute atomic E-state index is 6.53. The van der Waals surface area contributed by atoms with Gasteiger partial charge in [-0.1, -0.05) is 45.0 Å². The summed E-state index contributed by atoms with van der Waals surface area (Å²) in [5, 5.41) is 1.38. The Kier molecular flexibility index (Phi) is 7.19. The first-order valence-electron chi connectivity index (χ1n) is 11.2. The Bertz CT molecular complexity index is 844. The molecule has 1 N–H and O–H groups in total. The summed E-state index contributed by atoms with van der Waals surface area (Å²) in [5.74, 6) is 0. The smallest absolute Gasteiger partial charge is 0.108 e. The second-order valence-corrected chi connectivity index (χ2v) is 9.07. The minimum atomic E-state index is -0.137. The first-order chi connectivity index (χ1) is 14.1. The third-order valence-corrected chi connectivity index (χ3v) is 7.80. The van der Waals surface area contributed by atoms with E-state index in [9.17, 15) is 0 Å². The van der Waals surface area contributed by atoms with E-state index in [1.165, 1.54) is 27.1 Å². The van der Waals surface area contributed by atoms with E-state index >= 15 is 0 Å². The maximum Gasteiger partial charge on any atom is 0.108 e. The lowest BCUT2D eigenvalue weighted by Gasteiger charge is -2.51. The van der Waals surface area contributed by atoms with E-state index in [1.807, 2.05) is 25.6 Å². The van der Waals surface area contributed by atoms with E-state index in [0.29, 0.717) is 0 Å². The SMILES string of the molecule is CC.CC/C=C(\SC)C1(N(C)C)CCC2(CC1)OCCc1c2[nH]c2ccccc12. The van der Waals surface area contributed by atoms with Crippen molar-refractivity contribution in [3.63, 3.8) is 0 Å². The zero-order valence-electron chi connectivity index (χ0n) is 19.1. The second kappa shape index (κ2) is 9.28. The fourth-order valence-electron chi connectivity index (χ4n) is 5.29. The van der Waals surface area contributed by atoms with Crippen molar-refractivity contribution < 1.29 is 4.74 Å². The van der Waals surface area contributed by atoms with E-state index in [2.05, 4.69) is 67.5 Å². The van der Waals surface area contributed by atoms with Crippen molar-refractivity contribution in [3.05, 3.63) is 46.5 Å². The van der Waals surface area contributed by atoms with Gasteiger partial charge in [0.05, 0.1) is 17.8 Å². The van der Waals surface area contributed by atoms with Crippen LogP contribution in [0, 0.1) is 0 Å². The number of thioether (sulfide) groups is 1. The van der Waals surface area contributed by atoms with Crippen molar-refractivity contribution in [1.82, 2.24) is 9.88 Å². The highest BCUT2D eigenvalue weighted by molar-refractivity contribution is 8.02. The van der Waals surface area contributed by atoms with Crippen molar-refractivity contribution in [3.8, 4) is 0 Å². The predicted octanol–water partition coefficient (Wildman–Crippen LogP) is 6.49. The molecule has 0 unspecified atom stereocenters. The van der Waals surface area contributed by atoms with Crippen molar-refractivity contribution in [1.29, 1.82) is 0 Å².